The fourth-order valence-corrected chi connectivity index (χ4v) is 4.23. The van der Waals surface area contributed by atoms with Crippen LogP contribution in [0.25, 0.3) is 5.57 Å². The summed E-state index contributed by atoms with van der Waals surface area (Å²) in [5.41, 5.74) is 1.89. The van der Waals surface area contributed by atoms with E-state index >= 15 is 0 Å². The average molecular weight is 324 g/mol. The molecule has 0 aromatic heterocycles. The monoisotopic (exact) mass is 324 g/mol. The van der Waals surface area contributed by atoms with Crippen molar-refractivity contribution in [3.05, 3.63) is 24.3 Å². The molecule has 5 heteroatoms. The highest BCUT2D eigenvalue weighted by Crippen LogP contribution is 2.34. The Bertz CT molecular complexity index is 482. The van der Waals surface area contributed by atoms with Crippen molar-refractivity contribution in [2.24, 2.45) is 0 Å². The highest BCUT2D eigenvalue weighted by molar-refractivity contribution is 6.62. The maximum atomic E-state index is 5.87. The van der Waals surface area contributed by atoms with Gasteiger partial charge >= 0.3 is 9.28 Å². The van der Waals surface area contributed by atoms with E-state index in [4.69, 9.17) is 18.3 Å². The maximum absolute atomic E-state index is 5.87. The first kappa shape index (κ1) is 18.7. The second-order valence-electron chi connectivity index (χ2n) is 4.75. The Kier molecular flexibility index (Phi) is 8.23. The van der Waals surface area contributed by atoms with E-state index in [9.17, 15) is 0 Å². The van der Waals surface area contributed by atoms with Crippen LogP contribution in [0.15, 0.2) is 18.7 Å². The quantitative estimate of drug-likeness (QED) is 0.620. The normalized spacial score (nSPS) is 10.8. The fourth-order valence-electron chi connectivity index (χ4n) is 2.30. The summed E-state index contributed by atoms with van der Waals surface area (Å²) in [6, 6.07) is 3.97. The Morgan fingerprint density at radius 2 is 1.55 bits per heavy atom. The van der Waals surface area contributed by atoms with E-state index in [0.717, 1.165) is 27.8 Å². The lowest BCUT2D eigenvalue weighted by Crippen LogP contribution is -2.39. The molecule has 0 aliphatic rings. The molecule has 0 aliphatic carbocycles. The number of hydrogen-bond acceptors (Lipinski definition) is 4. The molecule has 0 N–H and O–H groups in total. The van der Waals surface area contributed by atoms with Gasteiger partial charge in [-0.3, -0.25) is 0 Å². The molecular weight excluding hydrogens is 296 g/mol. The first-order valence-corrected chi connectivity index (χ1v) is 9.44. The Hall–Kier alpha value is -1.30. The van der Waals surface area contributed by atoms with Crippen molar-refractivity contribution in [3.63, 3.8) is 0 Å². The van der Waals surface area contributed by atoms with Crippen molar-refractivity contribution < 1.29 is 18.3 Å². The Balaban J connectivity index is 3.42. The minimum absolute atomic E-state index is 0.569. The number of benzene rings is 1. The molecule has 1 aromatic carbocycles. The standard InChI is InChI=1S/C17H28O4Si/c1-7-18-14-11-12-15(22(20-9-3)21-10-4)16(13(5)6)17(14)19-8-2/h11-12,22H,5,7-10H2,1-4,6H3. The Morgan fingerprint density at radius 3 is 2.00 bits per heavy atom. The van der Waals surface area contributed by atoms with E-state index in [1.165, 1.54) is 0 Å². The molecule has 124 valence electrons. The van der Waals surface area contributed by atoms with Gasteiger partial charge in [0, 0.05) is 24.0 Å². The molecule has 0 heterocycles. The smallest absolute Gasteiger partial charge is 0.356 e. The lowest BCUT2D eigenvalue weighted by Gasteiger charge is -2.22. The van der Waals surface area contributed by atoms with Crippen molar-refractivity contribution in [3.8, 4) is 11.5 Å². The van der Waals surface area contributed by atoms with Gasteiger partial charge in [-0.15, -0.1) is 0 Å². The van der Waals surface area contributed by atoms with Crippen molar-refractivity contribution in [1.82, 2.24) is 0 Å². The molecule has 0 bridgehead atoms. The van der Waals surface area contributed by atoms with Crippen LogP contribution in [0.2, 0.25) is 0 Å². The maximum Gasteiger partial charge on any atom is 0.356 e. The third kappa shape index (κ3) is 4.60. The van der Waals surface area contributed by atoms with E-state index in [-0.39, 0.29) is 0 Å². The molecule has 4 nitrogen and oxygen atoms in total. The summed E-state index contributed by atoms with van der Waals surface area (Å²) in [7, 11) is -1.98. The minimum atomic E-state index is -1.98. The predicted molar refractivity (Wildman–Crippen MR) is 93.5 cm³/mol. The van der Waals surface area contributed by atoms with Gasteiger partial charge in [-0.25, -0.2) is 0 Å². The molecule has 0 saturated heterocycles. The van der Waals surface area contributed by atoms with Crippen molar-refractivity contribution in [1.29, 1.82) is 0 Å². The highest BCUT2D eigenvalue weighted by atomic mass is 28.3. The molecule has 0 atom stereocenters. The molecule has 0 fully saturated rings. The van der Waals surface area contributed by atoms with Crippen molar-refractivity contribution >= 4 is 20.0 Å². The first-order valence-electron chi connectivity index (χ1n) is 7.92. The van der Waals surface area contributed by atoms with Crippen molar-refractivity contribution in [2.45, 2.75) is 34.6 Å². The highest BCUT2D eigenvalue weighted by Gasteiger charge is 2.25. The second kappa shape index (κ2) is 9.66. The lowest BCUT2D eigenvalue weighted by atomic mass is 10.1. The summed E-state index contributed by atoms with van der Waals surface area (Å²) >= 11 is 0. The Morgan fingerprint density at radius 1 is 0.955 bits per heavy atom. The third-order valence-electron chi connectivity index (χ3n) is 3.06. The molecule has 22 heavy (non-hydrogen) atoms. The van der Waals surface area contributed by atoms with Crippen LogP contribution in [0.4, 0.5) is 0 Å². The lowest BCUT2D eigenvalue weighted by molar-refractivity contribution is 0.225. The number of rotatable bonds is 10. The molecular formula is C17H28O4Si. The molecule has 0 saturated carbocycles. The number of ether oxygens (including phenoxy) is 2. The van der Waals surface area contributed by atoms with Crippen LogP contribution in [-0.2, 0) is 8.85 Å². The zero-order valence-electron chi connectivity index (χ0n) is 14.4. The van der Waals surface area contributed by atoms with Crippen LogP contribution < -0.4 is 14.7 Å². The second-order valence-corrected chi connectivity index (χ2v) is 6.70. The zero-order valence-corrected chi connectivity index (χ0v) is 15.6. The van der Waals surface area contributed by atoms with Gasteiger partial charge in [0.1, 0.15) is 0 Å². The SMILES string of the molecule is C=C(C)c1c([SiH](OCC)OCC)ccc(OCC)c1OCC. The van der Waals surface area contributed by atoms with E-state index < -0.39 is 9.28 Å². The molecule has 0 radical (unpaired) electrons. The first-order chi connectivity index (χ1) is 10.6. The van der Waals surface area contributed by atoms with Gasteiger partial charge in [0.05, 0.1) is 13.2 Å². The summed E-state index contributed by atoms with van der Waals surface area (Å²) in [5, 5.41) is 1.06. The van der Waals surface area contributed by atoms with Gasteiger partial charge in [0.15, 0.2) is 11.5 Å². The van der Waals surface area contributed by atoms with Crippen LogP contribution in [0.1, 0.15) is 40.2 Å². The van der Waals surface area contributed by atoms with Crippen LogP contribution in [0, 0.1) is 0 Å². The van der Waals surface area contributed by atoms with Gasteiger partial charge in [0.2, 0.25) is 0 Å². The molecule has 1 aromatic rings. The van der Waals surface area contributed by atoms with Crippen LogP contribution >= 0.6 is 0 Å². The summed E-state index contributed by atoms with van der Waals surface area (Å²) in [6.45, 7) is 16.4. The van der Waals surface area contributed by atoms with E-state index in [0.29, 0.717) is 26.4 Å². The molecule has 0 unspecified atom stereocenters. The third-order valence-corrected chi connectivity index (χ3v) is 5.32. The number of hydrogen-bond donors (Lipinski definition) is 0. The van der Waals surface area contributed by atoms with Gasteiger partial charge in [-0.1, -0.05) is 12.6 Å². The van der Waals surface area contributed by atoms with Gasteiger partial charge in [-0.2, -0.15) is 0 Å². The van der Waals surface area contributed by atoms with Crippen LogP contribution in [-0.4, -0.2) is 35.7 Å². The van der Waals surface area contributed by atoms with E-state index in [1.807, 2.05) is 46.8 Å². The number of allylic oxidation sites excluding steroid dienone is 1. The summed E-state index contributed by atoms with van der Waals surface area (Å²) in [6.07, 6.45) is 0. The average Bonchev–Trinajstić information content (AvgIpc) is 2.48. The van der Waals surface area contributed by atoms with Gasteiger partial charge in [-0.05, 0) is 46.3 Å². The van der Waals surface area contributed by atoms with Crippen LogP contribution in [0.5, 0.6) is 11.5 Å². The van der Waals surface area contributed by atoms with Gasteiger partial charge in [0.25, 0.3) is 0 Å². The molecule has 0 amide bonds. The Labute approximate surface area is 135 Å². The van der Waals surface area contributed by atoms with E-state index in [2.05, 4.69) is 6.58 Å². The van der Waals surface area contributed by atoms with E-state index in [1.54, 1.807) is 0 Å². The summed E-state index contributed by atoms with van der Waals surface area (Å²) < 4.78 is 23.3. The van der Waals surface area contributed by atoms with Gasteiger partial charge < -0.3 is 18.3 Å². The fraction of sp³-hybridized carbons (Fsp3) is 0.529. The molecule has 1 rings (SSSR count). The van der Waals surface area contributed by atoms with Crippen molar-refractivity contribution in [2.75, 3.05) is 26.4 Å². The zero-order chi connectivity index (χ0) is 16.5. The molecule has 0 aliphatic heterocycles. The summed E-state index contributed by atoms with van der Waals surface area (Å²) in [4.78, 5) is 0. The minimum Gasteiger partial charge on any atom is -0.490 e. The van der Waals surface area contributed by atoms with Crippen LogP contribution in [0.3, 0.4) is 0 Å². The largest absolute Gasteiger partial charge is 0.490 e. The topological polar surface area (TPSA) is 36.9 Å². The molecule has 0 spiro atoms. The predicted octanol–water partition coefficient (Wildman–Crippen LogP) is 3.02. The summed E-state index contributed by atoms with van der Waals surface area (Å²) in [5.74, 6) is 1.48.